The fourth-order valence-corrected chi connectivity index (χ4v) is 2.03. The van der Waals surface area contributed by atoms with Crippen LogP contribution in [0.5, 0.6) is 5.75 Å². The van der Waals surface area contributed by atoms with E-state index in [1.165, 1.54) is 0 Å². The zero-order valence-electron chi connectivity index (χ0n) is 12.6. The molecular weight excluding hydrogens is 306 g/mol. The van der Waals surface area contributed by atoms with Crippen molar-refractivity contribution in [2.45, 2.75) is 0 Å². The SMILES string of the molecule is N#Cc1ccc(OCC(=O)Nc2cccnc2-n2cccn2)cc1. The molecule has 3 aromatic rings. The number of hydrogen-bond donors (Lipinski definition) is 1. The minimum Gasteiger partial charge on any atom is -0.484 e. The zero-order valence-corrected chi connectivity index (χ0v) is 12.6. The zero-order chi connectivity index (χ0) is 16.8. The maximum absolute atomic E-state index is 12.1. The summed E-state index contributed by atoms with van der Waals surface area (Å²) in [5.41, 5.74) is 1.07. The lowest BCUT2D eigenvalue weighted by Gasteiger charge is -2.10. The van der Waals surface area contributed by atoms with E-state index in [9.17, 15) is 4.79 Å². The lowest BCUT2D eigenvalue weighted by molar-refractivity contribution is -0.118. The van der Waals surface area contributed by atoms with Crippen LogP contribution in [0, 0.1) is 11.3 Å². The Morgan fingerprint density at radius 3 is 2.75 bits per heavy atom. The van der Waals surface area contributed by atoms with Crippen LogP contribution in [-0.2, 0) is 4.79 Å². The number of nitrogens with one attached hydrogen (secondary N) is 1. The fourth-order valence-electron chi connectivity index (χ4n) is 2.03. The summed E-state index contributed by atoms with van der Waals surface area (Å²) in [5.74, 6) is 0.720. The summed E-state index contributed by atoms with van der Waals surface area (Å²) in [6, 6.07) is 13.8. The van der Waals surface area contributed by atoms with Gasteiger partial charge in [0.05, 0.1) is 17.3 Å². The Labute approximate surface area is 138 Å². The quantitative estimate of drug-likeness (QED) is 0.778. The van der Waals surface area contributed by atoms with Gasteiger partial charge in [0.15, 0.2) is 12.4 Å². The summed E-state index contributed by atoms with van der Waals surface area (Å²) in [6.07, 6.45) is 5.00. The average molecular weight is 319 g/mol. The summed E-state index contributed by atoms with van der Waals surface area (Å²) in [6.45, 7) is -0.153. The van der Waals surface area contributed by atoms with Crippen molar-refractivity contribution in [1.82, 2.24) is 14.8 Å². The number of aromatic nitrogens is 3. The molecule has 0 unspecified atom stereocenters. The number of carbonyl (C=O) groups is 1. The molecule has 118 valence electrons. The van der Waals surface area contributed by atoms with Gasteiger partial charge in [0, 0.05) is 18.6 Å². The molecule has 7 heteroatoms. The van der Waals surface area contributed by atoms with Gasteiger partial charge in [-0.25, -0.2) is 9.67 Å². The minimum atomic E-state index is -0.319. The van der Waals surface area contributed by atoms with Gasteiger partial charge < -0.3 is 10.1 Å². The summed E-state index contributed by atoms with van der Waals surface area (Å²) in [4.78, 5) is 16.3. The Bertz CT molecular complexity index is 867. The molecule has 0 bridgehead atoms. The summed E-state index contributed by atoms with van der Waals surface area (Å²) in [5, 5.41) is 15.6. The van der Waals surface area contributed by atoms with Crippen LogP contribution in [-0.4, -0.2) is 27.3 Å². The smallest absolute Gasteiger partial charge is 0.262 e. The molecular formula is C17H13N5O2. The number of carbonyl (C=O) groups excluding carboxylic acids is 1. The number of ether oxygens (including phenoxy) is 1. The van der Waals surface area contributed by atoms with Gasteiger partial charge in [-0.05, 0) is 42.5 Å². The Morgan fingerprint density at radius 2 is 2.04 bits per heavy atom. The number of hydrogen-bond acceptors (Lipinski definition) is 5. The number of nitrogens with zero attached hydrogens (tertiary/aromatic N) is 4. The molecule has 0 aliphatic heterocycles. The van der Waals surface area contributed by atoms with Crippen LogP contribution in [0.4, 0.5) is 5.69 Å². The Morgan fingerprint density at radius 1 is 1.21 bits per heavy atom. The van der Waals surface area contributed by atoms with Crippen molar-refractivity contribution in [3.05, 3.63) is 66.6 Å². The van der Waals surface area contributed by atoms with Gasteiger partial charge in [0.25, 0.3) is 5.91 Å². The van der Waals surface area contributed by atoms with E-state index in [0.29, 0.717) is 22.8 Å². The van der Waals surface area contributed by atoms with Crippen molar-refractivity contribution in [2.75, 3.05) is 11.9 Å². The lowest BCUT2D eigenvalue weighted by Crippen LogP contribution is -2.21. The molecule has 7 nitrogen and oxygen atoms in total. The summed E-state index contributed by atoms with van der Waals surface area (Å²) < 4.78 is 6.97. The molecule has 1 amide bonds. The number of pyridine rings is 1. The number of anilines is 1. The van der Waals surface area contributed by atoms with Crippen LogP contribution in [0.15, 0.2) is 61.1 Å². The van der Waals surface area contributed by atoms with Crippen LogP contribution in [0.2, 0.25) is 0 Å². The first-order valence-corrected chi connectivity index (χ1v) is 7.14. The predicted molar refractivity (Wildman–Crippen MR) is 86.6 cm³/mol. The van der Waals surface area contributed by atoms with E-state index in [1.54, 1.807) is 65.7 Å². The monoisotopic (exact) mass is 319 g/mol. The number of nitriles is 1. The maximum atomic E-state index is 12.1. The number of benzene rings is 1. The van der Waals surface area contributed by atoms with Crippen molar-refractivity contribution in [1.29, 1.82) is 5.26 Å². The maximum Gasteiger partial charge on any atom is 0.262 e. The van der Waals surface area contributed by atoms with E-state index < -0.39 is 0 Å². The van der Waals surface area contributed by atoms with Crippen molar-refractivity contribution >= 4 is 11.6 Å². The van der Waals surface area contributed by atoms with Crippen molar-refractivity contribution < 1.29 is 9.53 Å². The Balaban J connectivity index is 1.64. The molecule has 24 heavy (non-hydrogen) atoms. The van der Waals surface area contributed by atoms with E-state index in [4.69, 9.17) is 10.00 Å². The van der Waals surface area contributed by atoms with Crippen LogP contribution in [0.1, 0.15) is 5.56 Å². The predicted octanol–water partition coefficient (Wildman–Crippen LogP) is 2.16. The molecule has 0 spiro atoms. The van der Waals surface area contributed by atoms with E-state index in [0.717, 1.165) is 0 Å². The third-order valence-electron chi connectivity index (χ3n) is 3.14. The first-order chi connectivity index (χ1) is 11.8. The van der Waals surface area contributed by atoms with Crippen molar-refractivity contribution in [3.8, 4) is 17.6 Å². The van der Waals surface area contributed by atoms with Gasteiger partial charge in [-0.15, -0.1) is 0 Å². The Hall–Kier alpha value is -3.66. The van der Waals surface area contributed by atoms with E-state index >= 15 is 0 Å². The van der Waals surface area contributed by atoms with Crippen LogP contribution >= 0.6 is 0 Å². The van der Waals surface area contributed by atoms with Gasteiger partial charge in [-0.2, -0.15) is 10.4 Å². The molecule has 2 aromatic heterocycles. The van der Waals surface area contributed by atoms with E-state index in [2.05, 4.69) is 15.4 Å². The highest BCUT2D eigenvalue weighted by molar-refractivity contribution is 5.93. The van der Waals surface area contributed by atoms with E-state index in [-0.39, 0.29) is 12.5 Å². The molecule has 0 aliphatic rings. The van der Waals surface area contributed by atoms with Crippen molar-refractivity contribution in [3.63, 3.8) is 0 Å². The molecule has 0 saturated carbocycles. The molecule has 0 aliphatic carbocycles. The molecule has 0 fully saturated rings. The molecule has 1 N–H and O–H groups in total. The highest BCUT2D eigenvalue weighted by Gasteiger charge is 2.10. The van der Waals surface area contributed by atoms with Gasteiger partial charge in [-0.3, -0.25) is 4.79 Å². The van der Waals surface area contributed by atoms with Gasteiger partial charge >= 0.3 is 0 Å². The van der Waals surface area contributed by atoms with Crippen molar-refractivity contribution in [2.24, 2.45) is 0 Å². The first-order valence-electron chi connectivity index (χ1n) is 7.14. The number of amides is 1. The van der Waals surface area contributed by atoms with Crippen LogP contribution in [0.25, 0.3) is 5.82 Å². The Kier molecular flexibility index (Phi) is 4.49. The normalized spacial score (nSPS) is 9.96. The molecule has 2 heterocycles. The largest absolute Gasteiger partial charge is 0.484 e. The second kappa shape index (κ2) is 7.07. The standard InChI is InChI=1S/C17H13N5O2/c18-11-13-4-6-14(7-5-13)24-12-16(23)21-15-3-1-8-19-17(15)22-10-2-9-20-22/h1-10H,12H2,(H,21,23). The lowest BCUT2D eigenvalue weighted by atomic mass is 10.2. The summed E-state index contributed by atoms with van der Waals surface area (Å²) >= 11 is 0. The van der Waals surface area contributed by atoms with Gasteiger partial charge in [0.1, 0.15) is 5.75 Å². The molecule has 0 saturated heterocycles. The van der Waals surface area contributed by atoms with Crippen LogP contribution < -0.4 is 10.1 Å². The molecule has 3 rings (SSSR count). The van der Waals surface area contributed by atoms with E-state index in [1.807, 2.05) is 6.07 Å². The number of rotatable bonds is 5. The minimum absolute atomic E-state index is 0.153. The molecule has 0 atom stereocenters. The average Bonchev–Trinajstić information content (AvgIpc) is 3.15. The first kappa shape index (κ1) is 15.2. The summed E-state index contributed by atoms with van der Waals surface area (Å²) in [7, 11) is 0. The second-order valence-electron chi connectivity index (χ2n) is 4.80. The van der Waals surface area contributed by atoms with Crippen LogP contribution in [0.3, 0.4) is 0 Å². The van der Waals surface area contributed by atoms with Gasteiger partial charge in [0.2, 0.25) is 0 Å². The fraction of sp³-hybridized carbons (Fsp3) is 0.0588. The highest BCUT2D eigenvalue weighted by atomic mass is 16.5. The van der Waals surface area contributed by atoms with Gasteiger partial charge in [-0.1, -0.05) is 0 Å². The molecule has 0 radical (unpaired) electrons. The highest BCUT2D eigenvalue weighted by Crippen LogP contribution is 2.16. The third kappa shape index (κ3) is 3.56. The topological polar surface area (TPSA) is 92.8 Å². The molecule has 1 aromatic carbocycles. The third-order valence-corrected chi connectivity index (χ3v) is 3.14. The second-order valence-corrected chi connectivity index (χ2v) is 4.80.